The van der Waals surface area contributed by atoms with E-state index in [1.807, 2.05) is 18.2 Å². The zero-order valence-electron chi connectivity index (χ0n) is 8.34. The van der Waals surface area contributed by atoms with Gasteiger partial charge in [0.05, 0.1) is 15.2 Å². The Balaban J connectivity index is 2.04. The molecule has 0 aliphatic rings. The highest BCUT2D eigenvalue weighted by Crippen LogP contribution is 2.26. The summed E-state index contributed by atoms with van der Waals surface area (Å²) in [5, 5.41) is 3.93. The number of benzene rings is 1. The second kappa shape index (κ2) is 5.08. The summed E-state index contributed by atoms with van der Waals surface area (Å²) in [6.45, 7) is 0.766. The smallest absolute Gasteiger partial charge is 0.0702 e. The molecular weight excluding hydrogens is 308 g/mol. The summed E-state index contributed by atoms with van der Waals surface area (Å²) >= 11 is 11.0. The van der Waals surface area contributed by atoms with Crippen LogP contribution in [0.3, 0.4) is 0 Å². The number of thiophene rings is 1. The van der Waals surface area contributed by atoms with Gasteiger partial charge >= 0.3 is 0 Å². The van der Waals surface area contributed by atoms with Gasteiger partial charge in [0.15, 0.2) is 0 Å². The van der Waals surface area contributed by atoms with E-state index in [4.69, 9.17) is 17.3 Å². The molecule has 0 bridgehead atoms. The van der Waals surface area contributed by atoms with E-state index in [9.17, 15) is 0 Å². The zero-order chi connectivity index (χ0) is 11.5. The Hall–Kier alpha value is -0.710. The number of nitrogen functional groups attached to an aromatic ring is 1. The molecule has 5 heteroatoms. The van der Waals surface area contributed by atoms with Crippen LogP contribution in [0.5, 0.6) is 0 Å². The average molecular weight is 318 g/mol. The predicted octanol–water partition coefficient (Wildman–Crippen LogP) is 4.36. The number of anilines is 2. The van der Waals surface area contributed by atoms with E-state index in [-0.39, 0.29) is 0 Å². The summed E-state index contributed by atoms with van der Waals surface area (Å²) in [6.07, 6.45) is 0. The van der Waals surface area contributed by atoms with Gasteiger partial charge in [-0.05, 0) is 46.3 Å². The van der Waals surface area contributed by atoms with E-state index < -0.39 is 0 Å². The van der Waals surface area contributed by atoms with E-state index in [0.717, 1.165) is 16.0 Å². The van der Waals surface area contributed by atoms with Gasteiger partial charge in [-0.2, -0.15) is 0 Å². The van der Waals surface area contributed by atoms with Gasteiger partial charge in [-0.15, -0.1) is 11.3 Å². The molecule has 0 saturated heterocycles. The first kappa shape index (κ1) is 11.8. The van der Waals surface area contributed by atoms with Crippen LogP contribution in [0.4, 0.5) is 11.4 Å². The first-order valence-electron chi connectivity index (χ1n) is 4.68. The Labute approximate surface area is 112 Å². The van der Waals surface area contributed by atoms with E-state index in [1.165, 1.54) is 4.88 Å². The number of hydrogen-bond acceptors (Lipinski definition) is 3. The molecule has 2 nitrogen and oxygen atoms in total. The Morgan fingerprint density at radius 2 is 2.12 bits per heavy atom. The molecule has 0 amide bonds. The minimum absolute atomic E-state index is 0.655. The van der Waals surface area contributed by atoms with Crippen LogP contribution in [-0.4, -0.2) is 0 Å². The lowest BCUT2D eigenvalue weighted by molar-refractivity contribution is 1.19. The number of halogens is 2. The molecule has 0 radical (unpaired) electrons. The largest absolute Gasteiger partial charge is 0.397 e. The van der Waals surface area contributed by atoms with Crippen molar-refractivity contribution >= 4 is 50.2 Å². The van der Waals surface area contributed by atoms with Crippen LogP contribution < -0.4 is 11.1 Å². The van der Waals surface area contributed by atoms with Crippen LogP contribution >= 0.6 is 38.9 Å². The molecule has 0 fully saturated rings. The summed E-state index contributed by atoms with van der Waals surface area (Å²) in [4.78, 5) is 1.25. The molecule has 1 aromatic heterocycles. The van der Waals surface area contributed by atoms with Crippen molar-refractivity contribution in [1.82, 2.24) is 0 Å². The molecular formula is C11H10BrClN2S. The Kier molecular flexibility index (Phi) is 3.74. The van der Waals surface area contributed by atoms with Crippen molar-refractivity contribution in [1.29, 1.82) is 0 Å². The normalized spacial score (nSPS) is 10.4. The predicted molar refractivity (Wildman–Crippen MR) is 75.2 cm³/mol. The summed E-state index contributed by atoms with van der Waals surface area (Å²) in [5.41, 5.74) is 7.42. The van der Waals surface area contributed by atoms with Crippen LogP contribution in [0.15, 0.2) is 34.1 Å². The van der Waals surface area contributed by atoms with Crippen LogP contribution in [-0.2, 0) is 6.54 Å². The minimum Gasteiger partial charge on any atom is -0.397 e. The molecule has 0 spiro atoms. The molecule has 2 rings (SSSR count). The topological polar surface area (TPSA) is 38.0 Å². The van der Waals surface area contributed by atoms with Crippen LogP contribution in [0.1, 0.15) is 4.88 Å². The average Bonchev–Trinajstić information content (AvgIpc) is 2.63. The SMILES string of the molecule is Nc1cc(Cl)ccc1NCc1ccc(Br)s1. The van der Waals surface area contributed by atoms with E-state index in [1.54, 1.807) is 17.4 Å². The molecule has 0 unspecified atom stereocenters. The second-order valence-electron chi connectivity index (χ2n) is 3.29. The van der Waals surface area contributed by atoms with Gasteiger partial charge in [-0.25, -0.2) is 0 Å². The molecule has 2 aromatic rings. The molecule has 0 saturated carbocycles. The number of rotatable bonds is 3. The van der Waals surface area contributed by atoms with E-state index in [2.05, 4.69) is 27.3 Å². The molecule has 0 aliphatic carbocycles. The van der Waals surface area contributed by atoms with Crippen molar-refractivity contribution in [3.8, 4) is 0 Å². The molecule has 0 aliphatic heterocycles. The monoisotopic (exact) mass is 316 g/mol. The standard InChI is InChI=1S/C11H10BrClN2S/c12-11-4-2-8(16-11)6-15-10-3-1-7(13)5-9(10)14/h1-5,15H,6,14H2. The maximum absolute atomic E-state index is 5.84. The third kappa shape index (κ3) is 2.90. The van der Waals surface area contributed by atoms with E-state index in [0.29, 0.717) is 10.7 Å². The Morgan fingerprint density at radius 3 is 2.75 bits per heavy atom. The fraction of sp³-hybridized carbons (Fsp3) is 0.0909. The van der Waals surface area contributed by atoms with Gasteiger partial charge in [0, 0.05) is 16.4 Å². The van der Waals surface area contributed by atoms with Crippen LogP contribution in [0.25, 0.3) is 0 Å². The number of nitrogens with one attached hydrogen (secondary N) is 1. The van der Waals surface area contributed by atoms with Gasteiger partial charge in [0.2, 0.25) is 0 Å². The highest BCUT2D eigenvalue weighted by atomic mass is 79.9. The van der Waals surface area contributed by atoms with Crippen LogP contribution in [0, 0.1) is 0 Å². The third-order valence-corrected chi connectivity index (χ3v) is 3.95. The lowest BCUT2D eigenvalue weighted by atomic mass is 10.2. The summed E-state index contributed by atoms with van der Waals surface area (Å²) in [7, 11) is 0. The van der Waals surface area contributed by atoms with Crippen LogP contribution in [0.2, 0.25) is 5.02 Å². The third-order valence-electron chi connectivity index (χ3n) is 2.10. The maximum Gasteiger partial charge on any atom is 0.0702 e. The Bertz CT molecular complexity index is 498. The first-order chi connectivity index (χ1) is 7.65. The number of hydrogen-bond donors (Lipinski definition) is 2. The lowest BCUT2D eigenvalue weighted by Crippen LogP contribution is -2.00. The molecule has 3 N–H and O–H groups in total. The minimum atomic E-state index is 0.655. The maximum atomic E-state index is 5.84. The van der Waals surface area contributed by atoms with Crippen molar-refractivity contribution in [2.24, 2.45) is 0 Å². The fourth-order valence-electron chi connectivity index (χ4n) is 1.32. The highest BCUT2D eigenvalue weighted by molar-refractivity contribution is 9.11. The van der Waals surface area contributed by atoms with Crippen molar-refractivity contribution in [3.63, 3.8) is 0 Å². The van der Waals surface area contributed by atoms with Gasteiger partial charge in [0.25, 0.3) is 0 Å². The van der Waals surface area contributed by atoms with Crippen molar-refractivity contribution in [3.05, 3.63) is 44.0 Å². The van der Waals surface area contributed by atoms with Gasteiger partial charge < -0.3 is 11.1 Å². The molecule has 16 heavy (non-hydrogen) atoms. The summed E-state index contributed by atoms with van der Waals surface area (Å²) in [5.74, 6) is 0. The molecule has 1 aromatic carbocycles. The fourth-order valence-corrected chi connectivity index (χ4v) is 2.93. The zero-order valence-corrected chi connectivity index (χ0v) is 11.5. The van der Waals surface area contributed by atoms with Gasteiger partial charge in [-0.3, -0.25) is 0 Å². The molecule has 84 valence electrons. The summed E-state index contributed by atoms with van der Waals surface area (Å²) < 4.78 is 1.13. The van der Waals surface area contributed by atoms with Gasteiger partial charge in [-0.1, -0.05) is 11.6 Å². The molecule has 1 heterocycles. The van der Waals surface area contributed by atoms with E-state index >= 15 is 0 Å². The number of nitrogens with two attached hydrogens (primary N) is 1. The van der Waals surface area contributed by atoms with Gasteiger partial charge in [0.1, 0.15) is 0 Å². The van der Waals surface area contributed by atoms with Crippen molar-refractivity contribution < 1.29 is 0 Å². The summed E-state index contributed by atoms with van der Waals surface area (Å²) in [6, 6.07) is 9.57. The lowest BCUT2D eigenvalue weighted by Gasteiger charge is -2.08. The highest BCUT2D eigenvalue weighted by Gasteiger charge is 2.01. The van der Waals surface area contributed by atoms with Crippen molar-refractivity contribution in [2.45, 2.75) is 6.54 Å². The first-order valence-corrected chi connectivity index (χ1v) is 6.67. The second-order valence-corrected chi connectivity index (χ2v) is 6.27. The Morgan fingerprint density at radius 1 is 1.31 bits per heavy atom. The van der Waals surface area contributed by atoms with Crippen molar-refractivity contribution in [2.75, 3.05) is 11.1 Å². The molecule has 0 atom stereocenters. The quantitative estimate of drug-likeness (QED) is 0.826.